The van der Waals surface area contributed by atoms with Crippen LogP contribution in [0.1, 0.15) is 63.3 Å². The van der Waals surface area contributed by atoms with Crippen LogP contribution in [0, 0.1) is 12.8 Å². The number of methoxy groups -OCH3 is 1. The fourth-order valence-electron chi connectivity index (χ4n) is 3.92. The highest BCUT2D eigenvalue weighted by molar-refractivity contribution is 5.73. The molecule has 154 valence electrons. The monoisotopic (exact) mass is 385 g/mol. The van der Waals surface area contributed by atoms with Crippen LogP contribution >= 0.6 is 0 Å². The molecule has 1 atom stereocenters. The third kappa shape index (κ3) is 5.37. The van der Waals surface area contributed by atoms with Gasteiger partial charge in [-0.3, -0.25) is 9.48 Å². The van der Waals surface area contributed by atoms with Gasteiger partial charge in [-0.05, 0) is 48.9 Å². The summed E-state index contributed by atoms with van der Waals surface area (Å²) in [5, 5.41) is 4.88. The average Bonchev–Trinajstić information content (AvgIpc) is 3.09. The summed E-state index contributed by atoms with van der Waals surface area (Å²) in [6.07, 6.45) is 4.26. The van der Waals surface area contributed by atoms with Crippen molar-refractivity contribution in [3.05, 3.63) is 47.3 Å². The van der Waals surface area contributed by atoms with Gasteiger partial charge in [-0.25, -0.2) is 0 Å². The van der Waals surface area contributed by atoms with Gasteiger partial charge in [-0.2, -0.15) is 5.10 Å². The molecule has 1 unspecified atom stereocenters. The fraction of sp³-hybridized carbons (Fsp3) is 0.565. The minimum absolute atomic E-state index is 0.191. The molecule has 3 rings (SSSR count). The molecule has 1 aromatic heterocycles. The van der Waals surface area contributed by atoms with Crippen LogP contribution in [0.2, 0.25) is 0 Å². The molecule has 5 heteroatoms. The molecule has 0 aliphatic carbocycles. The van der Waals surface area contributed by atoms with Gasteiger partial charge in [-0.15, -0.1) is 0 Å². The predicted octanol–water partition coefficient (Wildman–Crippen LogP) is 4.64. The number of likely N-dealkylation sites (tertiary alicyclic amines) is 1. The lowest BCUT2D eigenvalue weighted by molar-refractivity contribution is -0.130. The van der Waals surface area contributed by atoms with Crippen molar-refractivity contribution in [1.29, 1.82) is 0 Å². The van der Waals surface area contributed by atoms with E-state index in [9.17, 15) is 4.79 Å². The Kier molecular flexibility index (Phi) is 8.09. The minimum Gasteiger partial charge on any atom is -0.497 e. The van der Waals surface area contributed by atoms with E-state index < -0.39 is 0 Å². The Morgan fingerprint density at radius 2 is 1.82 bits per heavy atom. The number of carbonyl (C=O) groups is 1. The third-order valence-electron chi connectivity index (χ3n) is 5.61. The number of nitrogens with zero attached hydrogens (tertiary/aromatic N) is 3. The van der Waals surface area contributed by atoms with Crippen molar-refractivity contribution in [2.45, 2.75) is 59.9 Å². The van der Waals surface area contributed by atoms with Gasteiger partial charge in [0.15, 0.2) is 0 Å². The van der Waals surface area contributed by atoms with E-state index in [4.69, 9.17) is 9.84 Å². The number of hydrogen-bond acceptors (Lipinski definition) is 3. The Morgan fingerprint density at radius 3 is 2.36 bits per heavy atom. The molecule has 2 aromatic rings. The molecule has 5 nitrogen and oxygen atoms in total. The molecule has 1 aromatic carbocycles. The lowest BCUT2D eigenvalue weighted by Gasteiger charge is -2.34. The summed E-state index contributed by atoms with van der Waals surface area (Å²) in [6, 6.07) is 8.13. The molecular formula is C23H35N3O2. The normalized spacial score (nSPS) is 15.6. The second kappa shape index (κ2) is 10.3. The van der Waals surface area contributed by atoms with Crippen LogP contribution in [0.15, 0.2) is 30.5 Å². The van der Waals surface area contributed by atoms with Crippen LogP contribution in [-0.2, 0) is 11.3 Å². The van der Waals surface area contributed by atoms with Crippen LogP contribution in [-0.4, -0.2) is 40.8 Å². The fourth-order valence-corrected chi connectivity index (χ4v) is 3.92. The third-order valence-corrected chi connectivity index (χ3v) is 5.61. The van der Waals surface area contributed by atoms with Crippen molar-refractivity contribution in [2.24, 2.45) is 5.92 Å². The summed E-state index contributed by atoms with van der Waals surface area (Å²) in [6.45, 7) is 12.6. The molecule has 1 saturated heterocycles. The number of carbonyl (C=O) groups excluding carboxylic acids is 1. The smallest absolute Gasteiger partial charge is 0.219 e. The highest BCUT2D eigenvalue weighted by atomic mass is 16.5. The van der Waals surface area contributed by atoms with Gasteiger partial charge in [0.1, 0.15) is 5.75 Å². The van der Waals surface area contributed by atoms with Crippen molar-refractivity contribution in [3.63, 3.8) is 0 Å². The number of hydrogen-bond donors (Lipinski definition) is 0. The maximum absolute atomic E-state index is 11.5. The van der Waals surface area contributed by atoms with Gasteiger partial charge in [0, 0.05) is 32.1 Å². The number of piperidine rings is 1. The summed E-state index contributed by atoms with van der Waals surface area (Å²) in [4.78, 5) is 13.5. The van der Waals surface area contributed by atoms with Crippen LogP contribution < -0.4 is 4.74 Å². The van der Waals surface area contributed by atoms with Crippen LogP contribution in [0.3, 0.4) is 0 Å². The lowest BCUT2D eigenvalue weighted by Crippen LogP contribution is -2.38. The number of amides is 1. The van der Waals surface area contributed by atoms with Crippen molar-refractivity contribution >= 4 is 5.91 Å². The zero-order valence-electron chi connectivity index (χ0n) is 18.2. The summed E-state index contributed by atoms with van der Waals surface area (Å²) >= 11 is 0. The molecule has 1 aliphatic heterocycles. The highest BCUT2D eigenvalue weighted by Crippen LogP contribution is 2.33. The van der Waals surface area contributed by atoms with E-state index in [1.54, 1.807) is 14.0 Å². The van der Waals surface area contributed by atoms with Crippen LogP contribution in [0.4, 0.5) is 0 Å². The zero-order valence-corrected chi connectivity index (χ0v) is 18.2. The van der Waals surface area contributed by atoms with Gasteiger partial charge < -0.3 is 9.64 Å². The van der Waals surface area contributed by atoms with E-state index in [-0.39, 0.29) is 5.91 Å². The SMILES string of the molecule is CC.COc1ccc(Cn2cc(C)c(C(C)C3CCN(C(C)=O)CC3)n2)cc1. The Bertz CT molecular complexity index is 744. The molecule has 0 saturated carbocycles. The second-order valence-corrected chi connectivity index (χ2v) is 7.38. The first-order valence-corrected chi connectivity index (χ1v) is 10.4. The highest BCUT2D eigenvalue weighted by Gasteiger charge is 2.28. The van der Waals surface area contributed by atoms with E-state index in [1.807, 2.05) is 35.6 Å². The largest absolute Gasteiger partial charge is 0.497 e. The quantitative estimate of drug-likeness (QED) is 0.753. The molecule has 2 heterocycles. The van der Waals surface area contributed by atoms with E-state index in [1.165, 1.54) is 16.8 Å². The number of rotatable bonds is 5. The van der Waals surface area contributed by atoms with Crippen molar-refractivity contribution in [2.75, 3.05) is 20.2 Å². The molecule has 1 fully saturated rings. The maximum Gasteiger partial charge on any atom is 0.219 e. The Balaban J connectivity index is 0.00000136. The standard InChI is InChI=1S/C21H29N3O2.C2H6/c1-15-13-24(14-18-5-7-20(26-4)8-6-18)22-21(15)16(2)19-9-11-23(12-10-19)17(3)25;1-2/h5-8,13,16,19H,9-12,14H2,1-4H3;1-2H3. The maximum atomic E-state index is 11.5. The predicted molar refractivity (Wildman–Crippen MR) is 114 cm³/mol. The summed E-state index contributed by atoms with van der Waals surface area (Å²) in [5.41, 5.74) is 3.65. The number of aromatic nitrogens is 2. The molecular weight excluding hydrogens is 350 g/mol. The Hall–Kier alpha value is -2.30. The number of benzene rings is 1. The van der Waals surface area contributed by atoms with Crippen LogP contribution in [0.25, 0.3) is 0 Å². The number of ether oxygens (including phenoxy) is 1. The van der Waals surface area contributed by atoms with Gasteiger partial charge >= 0.3 is 0 Å². The first kappa shape index (κ1) is 22.0. The Morgan fingerprint density at radius 1 is 1.21 bits per heavy atom. The first-order valence-electron chi connectivity index (χ1n) is 10.4. The van der Waals surface area contributed by atoms with E-state index in [0.29, 0.717) is 11.8 Å². The topological polar surface area (TPSA) is 47.4 Å². The number of aryl methyl sites for hydroxylation is 1. The first-order chi connectivity index (χ1) is 13.5. The Labute approximate surface area is 169 Å². The summed E-state index contributed by atoms with van der Waals surface area (Å²) in [5.74, 6) is 2.07. The van der Waals surface area contributed by atoms with Gasteiger partial charge in [0.25, 0.3) is 0 Å². The van der Waals surface area contributed by atoms with Crippen LogP contribution in [0.5, 0.6) is 5.75 Å². The van der Waals surface area contributed by atoms with E-state index in [0.717, 1.165) is 38.2 Å². The second-order valence-electron chi connectivity index (χ2n) is 7.38. The van der Waals surface area contributed by atoms with Gasteiger partial charge in [0.05, 0.1) is 19.3 Å². The molecule has 0 radical (unpaired) electrons. The van der Waals surface area contributed by atoms with Gasteiger partial charge in [-0.1, -0.05) is 32.9 Å². The minimum atomic E-state index is 0.191. The molecule has 0 spiro atoms. The molecule has 0 bridgehead atoms. The van der Waals surface area contributed by atoms with Crippen molar-refractivity contribution in [3.8, 4) is 5.75 Å². The lowest BCUT2D eigenvalue weighted by atomic mass is 9.82. The molecule has 1 aliphatic rings. The molecule has 0 N–H and O–H groups in total. The molecule has 28 heavy (non-hydrogen) atoms. The van der Waals surface area contributed by atoms with E-state index >= 15 is 0 Å². The molecule has 1 amide bonds. The summed E-state index contributed by atoms with van der Waals surface area (Å²) in [7, 11) is 1.68. The van der Waals surface area contributed by atoms with E-state index in [2.05, 4.69) is 32.2 Å². The van der Waals surface area contributed by atoms with Crippen molar-refractivity contribution < 1.29 is 9.53 Å². The van der Waals surface area contributed by atoms with Gasteiger partial charge in [0.2, 0.25) is 5.91 Å². The van der Waals surface area contributed by atoms with Crippen molar-refractivity contribution in [1.82, 2.24) is 14.7 Å². The summed E-state index contributed by atoms with van der Waals surface area (Å²) < 4.78 is 7.25. The zero-order chi connectivity index (χ0) is 20.7. The average molecular weight is 386 g/mol.